The average Bonchev–Trinajstić information content (AvgIpc) is 2.36. The van der Waals surface area contributed by atoms with Gasteiger partial charge < -0.3 is 4.89 Å². The topological polar surface area (TPSA) is 20.2 Å². The molecule has 0 aromatic heterocycles. The second-order valence-corrected chi connectivity index (χ2v) is 10.3. The summed E-state index contributed by atoms with van der Waals surface area (Å²) in [5, 5.41) is 0. The third kappa shape index (κ3) is 6.01. The molecular weight excluding hydrogens is 287 g/mol. The Hall–Kier alpha value is -0.390. The molecule has 0 spiro atoms. The Bertz CT molecular complexity index is 466. The number of aryl methyl sites for hydroxylation is 1. The van der Waals surface area contributed by atoms with Gasteiger partial charge in [0.25, 0.3) is 0 Å². The molecular formula is C20H35OP. The van der Waals surface area contributed by atoms with Crippen LogP contribution in [0.15, 0.2) is 18.2 Å². The minimum atomic E-state index is -0.739. The molecule has 22 heavy (non-hydrogen) atoms. The molecule has 1 nitrogen and oxygen atoms in total. The lowest BCUT2D eigenvalue weighted by molar-refractivity contribution is 0.562. The molecule has 1 aromatic carbocycles. The molecule has 1 rings (SSSR count). The van der Waals surface area contributed by atoms with Crippen LogP contribution in [0.25, 0.3) is 0 Å². The molecule has 0 saturated carbocycles. The van der Waals surface area contributed by atoms with Gasteiger partial charge in [0.15, 0.2) is 0 Å². The fourth-order valence-corrected chi connectivity index (χ4v) is 4.04. The predicted octanol–water partition coefficient (Wildman–Crippen LogP) is 6.01. The molecule has 0 saturated heterocycles. The van der Waals surface area contributed by atoms with Gasteiger partial charge in [-0.05, 0) is 52.7 Å². The van der Waals surface area contributed by atoms with E-state index in [-0.39, 0.29) is 10.8 Å². The Labute approximate surface area is 139 Å². The van der Waals surface area contributed by atoms with Crippen molar-refractivity contribution < 1.29 is 4.89 Å². The molecule has 1 N–H and O–H groups in total. The van der Waals surface area contributed by atoms with E-state index in [9.17, 15) is 4.89 Å². The van der Waals surface area contributed by atoms with Gasteiger partial charge in [0.1, 0.15) is 0 Å². The van der Waals surface area contributed by atoms with Crippen LogP contribution in [0.5, 0.6) is 0 Å². The van der Waals surface area contributed by atoms with Gasteiger partial charge in [-0.2, -0.15) is 0 Å². The highest BCUT2D eigenvalue weighted by atomic mass is 31.1. The Balaban J connectivity index is 2.90. The zero-order valence-corrected chi connectivity index (χ0v) is 16.6. The van der Waals surface area contributed by atoms with Crippen LogP contribution in [0.2, 0.25) is 0 Å². The van der Waals surface area contributed by atoms with Crippen molar-refractivity contribution in [2.24, 2.45) is 0 Å². The van der Waals surface area contributed by atoms with Crippen molar-refractivity contribution in [1.82, 2.24) is 0 Å². The van der Waals surface area contributed by atoms with Crippen molar-refractivity contribution in [3.8, 4) is 0 Å². The van der Waals surface area contributed by atoms with Crippen LogP contribution in [0.4, 0.5) is 0 Å². The average molecular weight is 322 g/mol. The van der Waals surface area contributed by atoms with Crippen LogP contribution in [0.3, 0.4) is 0 Å². The largest absolute Gasteiger partial charge is 0.374 e. The van der Waals surface area contributed by atoms with E-state index in [1.165, 1.54) is 16.7 Å². The number of hydrogen-bond donors (Lipinski definition) is 1. The first-order chi connectivity index (χ1) is 10.1. The monoisotopic (exact) mass is 322 g/mol. The zero-order valence-electron chi connectivity index (χ0n) is 15.7. The molecule has 0 heterocycles. The highest BCUT2D eigenvalue weighted by Gasteiger charge is 2.22. The van der Waals surface area contributed by atoms with Gasteiger partial charge in [-0.15, -0.1) is 0 Å². The third-order valence-corrected chi connectivity index (χ3v) is 5.92. The van der Waals surface area contributed by atoms with E-state index in [1.807, 2.05) is 0 Å². The van der Waals surface area contributed by atoms with Crippen LogP contribution in [0.1, 0.15) is 78.0 Å². The summed E-state index contributed by atoms with van der Waals surface area (Å²) in [6, 6.07) is 7.02. The summed E-state index contributed by atoms with van der Waals surface area (Å²) in [7, 11) is -0.739. The third-order valence-electron chi connectivity index (χ3n) is 4.13. The first kappa shape index (κ1) is 19.7. The Morgan fingerprint density at radius 2 is 1.59 bits per heavy atom. The van der Waals surface area contributed by atoms with Crippen molar-refractivity contribution >= 4 is 8.15 Å². The quantitative estimate of drug-likeness (QED) is 0.636. The molecule has 0 aliphatic carbocycles. The zero-order chi connectivity index (χ0) is 17.0. The second-order valence-electron chi connectivity index (χ2n) is 8.43. The van der Waals surface area contributed by atoms with Gasteiger partial charge in [-0.1, -0.05) is 73.1 Å². The first-order valence-corrected chi connectivity index (χ1v) is 10.3. The van der Waals surface area contributed by atoms with E-state index < -0.39 is 8.15 Å². The number of hydrogen-bond acceptors (Lipinski definition) is 1. The number of benzene rings is 1. The summed E-state index contributed by atoms with van der Waals surface area (Å²) in [6.45, 7) is 15.9. The van der Waals surface area contributed by atoms with Crippen molar-refractivity contribution in [3.05, 3.63) is 34.9 Å². The molecule has 0 fully saturated rings. The second kappa shape index (κ2) is 7.93. The summed E-state index contributed by atoms with van der Waals surface area (Å²) < 4.78 is 0. The summed E-state index contributed by atoms with van der Waals surface area (Å²) in [4.78, 5) is 9.97. The van der Waals surface area contributed by atoms with E-state index in [0.717, 1.165) is 31.6 Å². The molecule has 2 heteroatoms. The standard InChI is InChI=1S/C20H35OP/c1-8-13-22(21)14-9-10-16-11-12-17(19(2,3)4)15-18(16)20(5,6)7/h11-12,15,21H,8-10,13-14H2,1-7H3. The minimum absolute atomic E-state index is 0.171. The van der Waals surface area contributed by atoms with E-state index in [0.29, 0.717) is 0 Å². The van der Waals surface area contributed by atoms with Crippen LogP contribution in [0, 0.1) is 0 Å². The SMILES string of the molecule is CCCP(O)CCCc1ccc(C(C)(C)C)cc1C(C)(C)C. The van der Waals surface area contributed by atoms with E-state index in [2.05, 4.69) is 66.7 Å². The molecule has 0 aliphatic rings. The molecule has 126 valence electrons. The van der Waals surface area contributed by atoms with Gasteiger partial charge in [-0.25, -0.2) is 0 Å². The summed E-state index contributed by atoms with van der Waals surface area (Å²) in [5.41, 5.74) is 4.71. The summed E-state index contributed by atoms with van der Waals surface area (Å²) >= 11 is 0. The molecule has 0 bridgehead atoms. The lowest BCUT2D eigenvalue weighted by Crippen LogP contribution is -2.18. The molecule has 1 aromatic rings. The highest BCUT2D eigenvalue weighted by Crippen LogP contribution is 2.34. The van der Waals surface area contributed by atoms with Crippen molar-refractivity contribution in [1.29, 1.82) is 0 Å². The van der Waals surface area contributed by atoms with Crippen molar-refractivity contribution in [2.45, 2.75) is 78.6 Å². The number of rotatable bonds is 6. The lowest BCUT2D eigenvalue weighted by Gasteiger charge is -2.27. The van der Waals surface area contributed by atoms with E-state index in [1.54, 1.807) is 0 Å². The summed E-state index contributed by atoms with van der Waals surface area (Å²) in [6.07, 6.45) is 5.24. The lowest BCUT2D eigenvalue weighted by atomic mass is 9.78. The van der Waals surface area contributed by atoms with E-state index >= 15 is 0 Å². The maximum Gasteiger partial charge on any atom is 0.0251 e. The minimum Gasteiger partial charge on any atom is -0.374 e. The summed E-state index contributed by atoms with van der Waals surface area (Å²) in [5.74, 6) is 0. The van der Waals surface area contributed by atoms with Crippen LogP contribution >= 0.6 is 8.15 Å². The molecule has 0 radical (unpaired) electrons. The van der Waals surface area contributed by atoms with Crippen LogP contribution < -0.4 is 0 Å². The molecule has 1 unspecified atom stereocenters. The Morgan fingerprint density at radius 3 is 2.09 bits per heavy atom. The Morgan fingerprint density at radius 1 is 0.955 bits per heavy atom. The normalized spacial score (nSPS) is 14.2. The van der Waals surface area contributed by atoms with E-state index in [4.69, 9.17) is 0 Å². The maximum absolute atomic E-state index is 9.97. The molecule has 0 amide bonds. The fraction of sp³-hybridized carbons (Fsp3) is 0.700. The predicted molar refractivity (Wildman–Crippen MR) is 101 cm³/mol. The van der Waals surface area contributed by atoms with Gasteiger partial charge in [-0.3, -0.25) is 0 Å². The fourth-order valence-electron chi connectivity index (χ4n) is 2.78. The smallest absolute Gasteiger partial charge is 0.0251 e. The van der Waals surface area contributed by atoms with Gasteiger partial charge in [0, 0.05) is 8.15 Å². The first-order valence-electron chi connectivity index (χ1n) is 8.63. The van der Waals surface area contributed by atoms with Gasteiger partial charge >= 0.3 is 0 Å². The van der Waals surface area contributed by atoms with Crippen LogP contribution in [-0.4, -0.2) is 17.2 Å². The maximum atomic E-state index is 9.97. The molecule has 1 atom stereocenters. The van der Waals surface area contributed by atoms with Crippen LogP contribution in [-0.2, 0) is 17.3 Å². The van der Waals surface area contributed by atoms with Crippen molar-refractivity contribution in [2.75, 3.05) is 12.3 Å². The van der Waals surface area contributed by atoms with Gasteiger partial charge in [0.05, 0.1) is 0 Å². The molecule has 0 aliphatic heterocycles. The highest BCUT2D eigenvalue weighted by molar-refractivity contribution is 7.51. The Kier molecular flexibility index (Phi) is 7.09. The van der Waals surface area contributed by atoms with Crippen molar-refractivity contribution in [3.63, 3.8) is 0 Å². The van der Waals surface area contributed by atoms with Gasteiger partial charge in [0.2, 0.25) is 0 Å².